The quantitative estimate of drug-likeness (QED) is 0.285. The van der Waals surface area contributed by atoms with Crippen LogP contribution < -0.4 is 5.73 Å². The van der Waals surface area contributed by atoms with Gasteiger partial charge in [-0.3, -0.25) is 9.09 Å². The minimum atomic E-state index is -3.87. The van der Waals surface area contributed by atoms with Crippen LogP contribution in [0.15, 0.2) is 0 Å². The molecule has 0 saturated heterocycles. The first-order valence-electron chi connectivity index (χ1n) is 8.39. The summed E-state index contributed by atoms with van der Waals surface area (Å²) in [7, 11) is -3.87. The van der Waals surface area contributed by atoms with Gasteiger partial charge in [0.25, 0.3) is 0 Å². The zero-order valence-corrected chi connectivity index (χ0v) is 14.9. The second-order valence-corrected chi connectivity index (χ2v) is 7.82. The monoisotopic (exact) mass is 339 g/mol. The van der Waals surface area contributed by atoms with Gasteiger partial charge in [-0.25, -0.2) is 0 Å². The molecular formula is C15H34NO5P. The van der Waals surface area contributed by atoms with Crippen LogP contribution in [0.3, 0.4) is 0 Å². The van der Waals surface area contributed by atoms with E-state index in [4.69, 9.17) is 10.3 Å². The van der Waals surface area contributed by atoms with Crippen LogP contribution in [0, 0.1) is 0 Å². The van der Waals surface area contributed by atoms with Gasteiger partial charge in [-0.1, -0.05) is 52.4 Å². The van der Waals surface area contributed by atoms with E-state index in [2.05, 4.69) is 13.8 Å². The molecule has 0 aromatic heterocycles. The molecule has 5 N–H and O–H groups in total. The first-order valence-corrected chi connectivity index (χ1v) is 10.1. The van der Waals surface area contributed by atoms with Crippen molar-refractivity contribution in [3.8, 4) is 0 Å². The largest absolute Gasteiger partial charge is 0.394 e. The van der Waals surface area contributed by atoms with Crippen molar-refractivity contribution in [2.24, 2.45) is 5.73 Å². The van der Waals surface area contributed by atoms with Gasteiger partial charge in [-0.2, -0.15) is 0 Å². The van der Waals surface area contributed by atoms with Gasteiger partial charge in [0, 0.05) is 6.54 Å². The van der Waals surface area contributed by atoms with E-state index < -0.39 is 25.9 Å². The van der Waals surface area contributed by atoms with Gasteiger partial charge < -0.3 is 20.8 Å². The van der Waals surface area contributed by atoms with Crippen molar-refractivity contribution in [1.82, 2.24) is 0 Å². The van der Waals surface area contributed by atoms with Crippen LogP contribution in [-0.2, 0) is 9.09 Å². The Morgan fingerprint density at radius 2 is 1.64 bits per heavy atom. The molecule has 0 amide bonds. The smallest absolute Gasteiger partial charge is 0.330 e. The number of aliphatic hydroxyl groups excluding tert-OH is 2. The Morgan fingerprint density at radius 3 is 2.00 bits per heavy atom. The first kappa shape index (κ1) is 22.0. The van der Waals surface area contributed by atoms with Gasteiger partial charge in [0.1, 0.15) is 11.7 Å². The lowest BCUT2D eigenvalue weighted by atomic mass is 9.85. The second kappa shape index (κ2) is 11.5. The molecule has 6 nitrogen and oxygen atoms in total. The van der Waals surface area contributed by atoms with Gasteiger partial charge in [-0.15, -0.1) is 0 Å². The number of hydrogen-bond donors (Lipinski definition) is 4. The standard InChI is InChI=1S/C15H34NO5P/c1-3-5-7-9-15(14(18)13-17,10-8-6-4-2)21-22(19,20)12-11-16/h14,17-18H,3-13,16H2,1-2H3,(H,19,20). The number of aliphatic hydroxyl groups is 2. The highest BCUT2D eigenvalue weighted by molar-refractivity contribution is 7.52. The van der Waals surface area contributed by atoms with Crippen molar-refractivity contribution >= 4 is 7.60 Å². The number of hydrogen-bond acceptors (Lipinski definition) is 5. The fourth-order valence-electron chi connectivity index (χ4n) is 2.62. The van der Waals surface area contributed by atoms with E-state index in [9.17, 15) is 19.7 Å². The third-order valence-corrected chi connectivity index (χ3v) is 5.40. The molecule has 0 fully saturated rings. The lowest BCUT2D eigenvalue weighted by Crippen LogP contribution is -2.46. The van der Waals surface area contributed by atoms with E-state index in [1.54, 1.807) is 0 Å². The Labute approximate surface area is 134 Å². The summed E-state index contributed by atoms with van der Waals surface area (Å²) in [5.41, 5.74) is 4.19. The van der Waals surface area contributed by atoms with E-state index in [1.165, 1.54) is 0 Å². The molecule has 7 heteroatoms. The van der Waals surface area contributed by atoms with Crippen molar-refractivity contribution in [1.29, 1.82) is 0 Å². The van der Waals surface area contributed by atoms with Crippen LogP contribution in [0.25, 0.3) is 0 Å². The molecule has 0 aliphatic carbocycles. The van der Waals surface area contributed by atoms with Crippen LogP contribution >= 0.6 is 7.60 Å². The molecular weight excluding hydrogens is 305 g/mol. The van der Waals surface area contributed by atoms with Crippen LogP contribution in [0.4, 0.5) is 0 Å². The predicted octanol–water partition coefficient (Wildman–Crippen LogP) is 2.40. The molecule has 0 spiro atoms. The van der Waals surface area contributed by atoms with Crippen molar-refractivity contribution < 1.29 is 24.2 Å². The Balaban J connectivity index is 5.18. The summed E-state index contributed by atoms with van der Waals surface area (Å²) in [6.07, 6.45) is 5.06. The Bertz CT molecular complexity index is 317. The fourth-order valence-corrected chi connectivity index (χ4v) is 3.91. The Hall–Kier alpha value is 0.0300. The lowest BCUT2D eigenvalue weighted by Gasteiger charge is -2.38. The van der Waals surface area contributed by atoms with E-state index in [-0.39, 0.29) is 12.7 Å². The SMILES string of the molecule is CCCCCC(CCCCC)(OP(=O)(O)CCN)C(O)CO. The molecule has 2 unspecified atom stereocenters. The molecule has 134 valence electrons. The molecule has 0 rings (SSSR count). The normalized spacial score (nSPS) is 16.5. The van der Waals surface area contributed by atoms with Gasteiger partial charge in [0.15, 0.2) is 0 Å². The van der Waals surface area contributed by atoms with E-state index in [0.29, 0.717) is 12.8 Å². The zero-order valence-electron chi connectivity index (χ0n) is 14.0. The Kier molecular flexibility index (Phi) is 11.6. The van der Waals surface area contributed by atoms with Crippen molar-refractivity contribution in [2.75, 3.05) is 19.3 Å². The van der Waals surface area contributed by atoms with E-state index in [1.807, 2.05) is 0 Å². The maximum Gasteiger partial charge on any atom is 0.330 e. The molecule has 0 bridgehead atoms. The minimum Gasteiger partial charge on any atom is -0.394 e. The third-order valence-electron chi connectivity index (χ3n) is 3.92. The van der Waals surface area contributed by atoms with Crippen molar-refractivity contribution in [2.45, 2.75) is 76.9 Å². The van der Waals surface area contributed by atoms with E-state index >= 15 is 0 Å². The molecule has 0 aliphatic heterocycles. The zero-order chi connectivity index (χ0) is 17.1. The molecule has 0 heterocycles. The van der Waals surface area contributed by atoms with E-state index in [0.717, 1.165) is 38.5 Å². The summed E-state index contributed by atoms with van der Waals surface area (Å²) in [5.74, 6) is 0. The fraction of sp³-hybridized carbons (Fsp3) is 1.00. The number of rotatable bonds is 14. The number of nitrogens with two attached hydrogens (primary N) is 1. The third kappa shape index (κ3) is 8.04. The summed E-state index contributed by atoms with van der Waals surface area (Å²) in [6.45, 7) is 3.69. The van der Waals surface area contributed by atoms with Gasteiger partial charge >= 0.3 is 7.60 Å². The summed E-state index contributed by atoms with van der Waals surface area (Å²) >= 11 is 0. The summed E-state index contributed by atoms with van der Waals surface area (Å²) in [6, 6.07) is 0. The summed E-state index contributed by atoms with van der Waals surface area (Å²) in [5, 5.41) is 19.6. The molecule has 2 atom stereocenters. The molecule has 0 aromatic carbocycles. The van der Waals surface area contributed by atoms with Gasteiger partial charge in [0.05, 0.1) is 12.8 Å². The maximum absolute atomic E-state index is 12.2. The minimum absolute atomic E-state index is 0.0446. The molecule has 0 aromatic rings. The first-order chi connectivity index (χ1) is 10.4. The summed E-state index contributed by atoms with van der Waals surface area (Å²) < 4.78 is 17.7. The highest BCUT2D eigenvalue weighted by Crippen LogP contribution is 2.49. The molecule has 0 radical (unpaired) electrons. The molecule has 22 heavy (non-hydrogen) atoms. The van der Waals surface area contributed by atoms with Gasteiger partial charge in [-0.05, 0) is 12.8 Å². The van der Waals surface area contributed by atoms with Crippen LogP contribution in [-0.4, -0.2) is 46.1 Å². The molecule has 0 saturated carbocycles. The van der Waals surface area contributed by atoms with Gasteiger partial charge in [0.2, 0.25) is 0 Å². The average molecular weight is 339 g/mol. The van der Waals surface area contributed by atoms with Crippen LogP contribution in [0.1, 0.15) is 65.2 Å². The number of unbranched alkanes of at least 4 members (excludes halogenated alkanes) is 4. The lowest BCUT2D eigenvalue weighted by molar-refractivity contribution is -0.0927. The second-order valence-electron chi connectivity index (χ2n) is 5.92. The molecule has 0 aliphatic rings. The average Bonchev–Trinajstić information content (AvgIpc) is 2.46. The van der Waals surface area contributed by atoms with Crippen LogP contribution in [0.5, 0.6) is 0 Å². The predicted molar refractivity (Wildman–Crippen MR) is 88.9 cm³/mol. The topological polar surface area (TPSA) is 113 Å². The highest BCUT2D eigenvalue weighted by Gasteiger charge is 2.43. The van der Waals surface area contributed by atoms with Crippen molar-refractivity contribution in [3.05, 3.63) is 0 Å². The summed E-state index contributed by atoms with van der Waals surface area (Å²) in [4.78, 5) is 9.97. The van der Waals surface area contributed by atoms with Crippen molar-refractivity contribution in [3.63, 3.8) is 0 Å². The Morgan fingerprint density at radius 1 is 1.14 bits per heavy atom. The van der Waals surface area contributed by atoms with Crippen LogP contribution in [0.2, 0.25) is 0 Å². The maximum atomic E-state index is 12.2. The highest BCUT2D eigenvalue weighted by atomic mass is 31.2.